The minimum absolute atomic E-state index is 0.00958. The van der Waals surface area contributed by atoms with E-state index in [1.54, 1.807) is 13.0 Å². The van der Waals surface area contributed by atoms with Crippen molar-refractivity contribution in [3.63, 3.8) is 0 Å². The number of carbonyl (C=O) groups is 1. The number of hydrogen-bond donors (Lipinski definition) is 4. The number of nitrogens with two attached hydrogens (primary N) is 1. The predicted octanol–water partition coefficient (Wildman–Crippen LogP) is 1.81. The van der Waals surface area contributed by atoms with Gasteiger partial charge in [0.1, 0.15) is 28.2 Å². The van der Waals surface area contributed by atoms with E-state index in [-0.39, 0.29) is 16.6 Å². The number of aryl methyl sites for hydroxylation is 1. The standard InChI is InChI=1S/C15H16O4.CH4N2O2/c1-8-3-4-10-12(18-7-8)6-13-14(15(10)17)11(16)5-9(2)19-13;2-1(4)3-5/h5-6,8,17H,3-4,7H2,1-2H3;5H,(H3,2,3,4). The second kappa shape index (κ2) is 7.22. The number of amides is 2. The van der Waals surface area contributed by atoms with Crippen LogP contribution in [0.25, 0.3) is 11.0 Å². The highest BCUT2D eigenvalue weighted by Crippen LogP contribution is 2.38. The number of aromatic hydroxyl groups is 1. The Bertz CT molecular complexity index is 814. The number of hydrogen-bond acceptors (Lipinski definition) is 6. The van der Waals surface area contributed by atoms with E-state index in [1.165, 1.54) is 11.5 Å². The van der Waals surface area contributed by atoms with Gasteiger partial charge < -0.3 is 20.0 Å². The Morgan fingerprint density at radius 1 is 1.42 bits per heavy atom. The van der Waals surface area contributed by atoms with E-state index in [0.717, 1.165) is 6.42 Å². The predicted molar refractivity (Wildman–Crippen MR) is 86.4 cm³/mol. The molecule has 2 aromatic rings. The second-order valence-electron chi connectivity index (χ2n) is 5.73. The molecule has 130 valence electrons. The maximum absolute atomic E-state index is 12.0. The Kier molecular flexibility index (Phi) is 5.30. The molecule has 1 aromatic carbocycles. The second-order valence-corrected chi connectivity index (χ2v) is 5.73. The molecule has 0 bridgehead atoms. The summed E-state index contributed by atoms with van der Waals surface area (Å²) < 4.78 is 11.2. The van der Waals surface area contributed by atoms with Crippen LogP contribution in [0, 0.1) is 12.8 Å². The number of hydroxylamine groups is 1. The third kappa shape index (κ3) is 3.77. The van der Waals surface area contributed by atoms with E-state index in [0.29, 0.717) is 41.6 Å². The first-order valence-corrected chi connectivity index (χ1v) is 7.45. The molecule has 0 fully saturated rings. The lowest BCUT2D eigenvalue weighted by Crippen LogP contribution is -2.25. The highest BCUT2D eigenvalue weighted by atomic mass is 16.5. The van der Waals surface area contributed by atoms with Gasteiger partial charge in [0.05, 0.1) is 6.61 Å². The fourth-order valence-corrected chi connectivity index (χ4v) is 2.52. The van der Waals surface area contributed by atoms with Crippen molar-refractivity contribution in [1.29, 1.82) is 0 Å². The number of nitrogens with one attached hydrogen (secondary N) is 1. The first kappa shape index (κ1) is 17.6. The first-order chi connectivity index (χ1) is 11.3. The molecule has 3 rings (SSSR count). The molecule has 0 saturated heterocycles. The van der Waals surface area contributed by atoms with Crippen LogP contribution in [0.1, 0.15) is 24.7 Å². The molecule has 0 aliphatic carbocycles. The normalized spacial score (nSPS) is 16.2. The number of primary amides is 1. The molecule has 0 radical (unpaired) electrons. The highest BCUT2D eigenvalue weighted by Gasteiger charge is 2.21. The molecule has 0 saturated carbocycles. The molecule has 1 aliphatic heterocycles. The Labute approximate surface area is 137 Å². The molecule has 2 amide bonds. The molecule has 2 heterocycles. The lowest BCUT2D eigenvalue weighted by Gasteiger charge is -2.11. The highest BCUT2D eigenvalue weighted by molar-refractivity contribution is 5.86. The Hall–Kier alpha value is -2.74. The number of rotatable bonds is 0. The van der Waals surface area contributed by atoms with Crippen LogP contribution in [0.2, 0.25) is 0 Å². The quantitative estimate of drug-likeness (QED) is 0.428. The van der Waals surface area contributed by atoms with Crippen LogP contribution in [0.5, 0.6) is 11.5 Å². The van der Waals surface area contributed by atoms with E-state index >= 15 is 0 Å². The summed E-state index contributed by atoms with van der Waals surface area (Å²) in [6.07, 6.45) is 1.65. The smallest absolute Gasteiger partial charge is 0.335 e. The lowest BCUT2D eigenvalue weighted by atomic mass is 10.00. The van der Waals surface area contributed by atoms with Gasteiger partial charge in [-0.1, -0.05) is 6.92 Å². The van der Waals surface area contributed by atoms with E-state index in [2.05, 4.69) is 12.7 Å². The molecule has 8 heteroatoms. The van der Waals surface area contributed by atoms with Gasteiger partial charge in [-0.3, -0.25) is 10.0 Å². The van der Waals surface area contributed by atoms with Crippen LogP contribution in [0.4, 0.5) is 4.79 Å². The minimum atomic E-state index is -0.940. The molecular formula is C16H20N2O6. The van der Waals surface area contributed by atoms with Gasteiger partial charge in [0, 0.05) is 17.7 Å². The largest absolute Gasteiger partial charge is 0.507 e. The summed E-state index contributed by atoms with van der Waals surface area (Å²) in [5, 5.41) is 18.0. The van der Waals surface area contributed by atoms with Gasteiger partial charge in [-0.25, -0.2) is 10.3 Å². The summed E-state index contributed by atoms with van der Waals surface area (Å²) in [7, 11) is 0. The van der Waals surface area contributed by atoms with Crippen molar-refractivity contribution in [1.82, 2.24) is 5.48 Å². The molecule has 24 heavy (non-hydrogen) atoms. The van der Waals surface area contributed by atoms with Gasteiger partial charge >= 0.3 is 6.03 Å². The van der Waals surface area contributed by atoms with Gasteiger partial charge in [-0.15, -0.1) is 0 Å². The van der Waals surface area contributed by atoms with Gasteiger partial charge in [0.25, 0.3) is 0 Å². The zero-order valence-electron chi connectivity index (χ0n) is 13.5. The molecule has 5 N–H and O–H groups in total. The van der Waals surface area contributed by atoms with Crippen LogP contribution in [-0.4, -0.2) is 23.0 Å². The third-order valence-electron chi connectivity index (χ3n) is 3.70. The van der Waals surface area contributed by atoms with Crippen molar-refractivity contribution in [2.24, 2.45) is 11.7 Å². The van der Waals surface area contributed by atoms with Crippen LogP contribution >= 0.6 is 0 Å². The number of phenolic OH excluding ortho intramolecular Hbond substituents is 1. The molecule has 1 aromatic heterocycles. The van der Waals surface area contributed by atoms with Crippen molar-refractivity contribution in [3.05, 3.63) is 33.7 Å². The summed E-state index contributed by atoms with van der Waals surface area (Å²) >= 11 is 0. The monoisotopic (exact) mass is 336 g/mol. The SMILES string of the molecule is Cc1cc(=O)c2c(O)c3c(cc2o1)OCC(C)CC3.NC(=O)NO. The summed E-state index contributed by atoms with van der Waals surface area (Å²) in [5.41, 5.74) is 6.35. The zero-order chi connectivity index (χ0) is 17.9. The number of urea groups is 1. The van der Waals surface area contributed by atoms with Crippen molar-refractivity contribution in [2.45, 2.75) is 26.7 Å². The number of benzene rings is 1. The van der Waals surface area contributed by atoms with E-state index < -0.39 is 6.03 Å². The maximum Gasteiger partial charge on any atom is 0.335 e. The van der Waals surface area contributed by atoms with Crippen LogP contribution in [-0.2, 0) is 6.42 Å². The average molecular weight is 336 g/mol. The Balaban J connectivity index is 0.000000368. The Morgan fingerprint density at radius 3 is 2.71 bits per heavy atom. The molecular weight excluding hydrogens is 316 g/mol. The average Bonchev–Trinajstić information content (AvgIpc) is 2.69. The lowest BCUT2D eigenvalue weighted by molar-refractivity contribution is 0.169. The molecule has 0 spiro atoms. The van der Waals surface area contributed by atoms with Crippen molar-refractivity contribution in [2.75, 3.05) is 6.61 Å². The molecule has 1 atom stereocenters. The van der Waals surface area contributed by atoms with Gasteiger partial charge in [0.2, 0.25) is 0 Å². The van der Waals surface area contributed by atoms with Crippen molar-refractivity contribution < 1.29 is 24.3 Å². The Morgan fingerprint density at radius 2 is 2.08 bits per heavy atom. The van der Waals surface area contributed by atoms with Crippen molar-refractivity contribution >= 4 is 17.0 Å². The van der Waals surface area contributed by atoms with Gasteiger partial charge in [0.15, 0.2) is 5.43 Å². The molecule has 8 nitrogen and oxygen atoms in total. The topological polar surface area (TPSA) is 135 Å². The number of ether oxygens (including phenoxy) is 1. The van der Waals surface area contributed by atoms with Crippen LogP contribution < -0.4 is 21.4 Å². The molecule has 1 unspecified atom stereocenters. The van der Waals surface area contributed by atoms with E-state index in [9.17, 15) is 14.7 Å². The summed E-state index contributed by atoms with van der Waals surface area (Å²) in [6.45, 7) is 4.44. The summed E-state index contributed by atoms with van der Waals surface area (Å²) in [4.78, 5) is 21.2. The zero-order valence-corrected chi connectivity index (χ0v) is 13.5. The number of phenols is 1. The third-order valence-corrected chi connectivity index (χ3v) is 3.70. The van der Waals surface area contributed by atoms with Crippen LogP contribution in [0.15, 0.2) is 21.3 Å². The summed E-state index contributed by atoms with van der Waals surface area (Å²) in [5.74, 6) is 1.59. The first-order valence-electron chi connectivity index (χ1n) is 7.45. The number of fused-ring (bicyclic) bond motifs is 2. The van der Waals surface area contributed by atoms with E-state index in [4.69, 9.17) is 14.4 Å². The van der Waals surface area contributed by atoms with Gasteiger partial charge in [-0.05, 0) is 25.7 Å². The number of carbonyl (C=O) groups excluding carboxylic acids is 1. The fraction of sp³-hybridized carbons (Fsp3) is 0.375. The molecule has 1 aliphatic rings. The minimum Gasteiger partial charge on any atom is -0.507 e. The summed E-state index contributed by atoms with van der Waals surface area (Å²) in [6, 6.07) is 2.18. The maximum atomic E-state index is 12.0. The van der Waals surface area contributed by atoms with Crippen LogP contribution in [0.3, 0.4) is 0 Å². The van der Waals surface area contributed by atoms with Crippen molar-refractivity contribution in [3.8, 4) is 11.5 Å². The van der Waals surface area contributed by atoms with Gasteiger partial charge in [-0.2, -0.15) is 0 Å². The fourth-order valence-electron chi connectivity index (χ4n) is 2.52. The van der Waals surface area contributed by atoms with E-state index in [1.807, 2.05) is 0 Å².